The molecule has 0 unspecified atom stereocenters. The van der Waals surface area contributed by atoms with Crippen molar-refractivity contribution in [2.45, 2.75) is 13.5 Å². The van der Waals surface area contributed by atoms with Crippen LogP contribution in [0.3, 0.4) is 0 Å². The Labute approximate surface area is 124 Å². The summed E-state index contributed by atoms with van der Waals surface area (Å²) >= 11 is 0. The molecule has 0 spiro atoms. The Bertz CT molecular complexity index is 439. The molecule has 1 aliphatic heterocycles. The lowest BCUT2D eigenvalue weighted by Crippen LogP contribution is -2.47. The standard InChI is InChI=1S/C15H23F2N3O/c1-2-18-11-12-9-13(16)15(14(17)10-12)20-5-3-19(4-6-20)7-8-21/h9-10,18,21H,2-8,11H2,1H3. The number of aliphatic hydroxyl groups is 1. The number of anilines is 1. The molecule has 0 aliphatic carbocycles. The van der Waals surface area contributed by atoms with E-state index < -0.39 is 11.6 Å². The van der Waals surface area contributed by atoms with Gasteiger partial charge in [-0.15, -0.1) is 0 Å². The highest BCUT2D eigenvalue weighted by molar-refractivity contribution is 5.51. The van der Waals surface area contributed by atoms with E-state index in [-0.39, 0.29) is 12.3 Å². The summed E-state index contributed by atoms with van der Waals surface area (Å²) < 4.78 is 28.4. The van der Waals surface area contributed by atoms with Gasteiger partial charge in [-0.3, -0.25) is 4.90 Å². The van der Waals surface area contributed by atoms with Gasteiger partial charge in [0.05, 0.1) is 6.61 Å². The van der Waals surface area contributed by atoms with Crippen molar-refractivity contribution in [2.75, 3.05) is 50.8 Å². The van der Waals surface area contributed by atoms with Gasteiger partial charge in [0, 0.05) is 39.3 Å². The zero-order valence-corrected chi connectivity index (χ0v) is 12.4. The number of aliphatic hydroxyl groups excluding tert-OH is 1. The van der Waals surface area contributed by atoms with Gasteiger partial charge < -0.3 is 15.3 Å². The lowest BCUT2D eigenvalue weighted by Gasteiger charge is -2.36. The Morgan fingerprint density at radius 2 is 1.76 bits per heavy atom. The molecule has 1 heterocycles. The first-order valence-corrected chi connectivity index (χ1v) is 7.42. The number of halogens is 2. The van der Waals surface area contributed by atoms with E-state index in [1.165, 1.54) is 12.1 Å². The molecule has 0 amide bonds. The highest BCUT2D eigenvalue weighted by atomic mass is 19.1. The van der Waals surface area contributed by atoms with Gasteiger partial charge >= 0.3 is 0 Å². The highest BCUT2D eigenvalue weighted by Crippen LogP contribution is 2.26. The maximum atomic E-state index is 14.2. The number of benzene rings is 1. The van der Waals surface area contributed by atoms with Crippen LogP contribution in [0.4, 0.5) is 14.5 Å². The first-order valence-electron chi connectivity index (χ1n) is 7.42. The van der Waals surface area contributed by atoms with Crippen molar-refractivity contribution in [3.05, 3.63) is 29.3 Å². The maximum absolute atomic E-state index is 14.2. The molecule has 21 heavy (non-hydrogen) atoms. The third-order valence-corrected chi connectivity index (χ3v) is 3.76. The predicted octanol–water partition coefficient (Wildman–Crippen LogP) is 1.19. The van der Waals surface area contributed by atoms with Gasteiger partial charge in [0.1, 0.15) is 17.3 Å². The van der Waals surface area contributed by atoms with Crippen molar-refractivity contribution < 1.29 is 13.9 Å². The second-order valence-electron chi connectivity index (χ2n) is 5.24. The SMILES string of the molecule is CCNCc1cc(F)c(N2CCN(CCO)CC2)c(F)c1. The van der Waals surface area contributed by atoms with E-state index in [1.54, 1.807) is 4.90 Å². The molecule has 2 N–H and O–H groups in total. The van der Waals surface area contributed by atoms with Crippen LogP contribution in [0.1, 0.15) is 12.5 Å². The van der Waals surface area contributed by atoms with E-state index in [1.807, 2.05) is 6.92 Å². The summed E-state index contributed by atoms with van der Waals surface area (Å²) in [4.78, 5) is 3.83. The van der Waals surface area contributed by atoms with E-state index in [2.05, 4.69) is 10.2 Å². The van der Waals surface area contributed by atoms with Crippen LogP contribution in [0, 0.1) is 11.6 Å². The van der Waals surface area contributed by atoms with Crippen LogP contribution < -0.4 is 10.2 Å². The number of piperazine rings is 1. The van der Waals surface area contributed by atoms with Crippen LogP contribution in [0.2, 0.25) is 0 Å². The first-order chi connectivity index (χ1) is 10.2. The van der Waals surface area contributed by atoms with E-state index in [0.29, 0.717) is 44.8 Å². The van der Waals surface area contributed by atoms with Crippen molar-refractivity contribution in [1.29, 1.82) is 0 Å². The molecule has 4 nitrogen and oxygen atoms in total. The Morgan fingerprint density at radius 1 is 1.14 bits per heavy atom. The molecule has 0 saturated carbocycles. The third kappa shape index (κ3) is 4.12. The number of hydrogen-bond acceptors (Lipinski definition) is 4. The monoisotopic (exact) mass is 299 g/mol. The largest absolute Gasteiger partial charge is 0.395 e. The summed E-state index contributed by atoms with van der Waals surface area (Å²) in [5, 5.41) is 12.0. The molecule has 1 saturated heterocycles. The van der Waals surface area contributed by atoms with Crippen LogP contribution >= 0.6 is 0 Å². The van der Waals surface area contributed by atoms with Gasteiger partial charge in [-0.1, -0.05) is 6.92 Å². The number of nitrogens with zero attached hydrogens (tertiary/aromatic N) is 2. The van der Waals surface area contributed by atoms with Gasteiger partial charge in [-0.05, 0) is 24.2 Å². The minimum atomic E-state index is -0.501. The maximum Gasteiger partial charge on any atom is 0.149 e. The minimum Gasteiger partial charge on any atom is -0.395 e. The van der Waals surface area contributed by atoms with E-state index in [9.17, 15) is 8.78 Å². The van der Waals surface area contributed by atoms with Gasteiger partial charge in [0.25, 0.3) is 0 Å². The lowest BCUT2D eigenvalue weighted by molar-refractivity contribution is 0.188. The zero-order chi connectivity index (χ0) is 15.2. The fourth-order valence-corrected chi connectivity index (χ4v) is 2.63. The summed E-state index contributed by atoms with van der Waals surface area (Å²) in [6, 6.07) is 2.81. The molecule has 1 fully saturated rings. The molecule has 118 valence electrons. The predicted molar refractivity (Wildman–Crippen MR) is 79.5 cm³/mol. The smallest absolute Gasteiger partial charge is 0.149 e. The van der Waals surface area contributed by atoms with Crippen LogP contribution in [0.15, 0.2) is 12.1 Å². The van der Waals surface area contributed by atoms with Crippen LogP contribution in [-0.4, -0.2) is 55.9 Å². The molecular formula is C15H23F2N3O. The number of hydrogen-bond donors (Lipinski definition) is 2. The van der Waals surface area contributed by atoms with E-state index in [4.69, 9.17) is 5.11 Å². The lowest BCUT2D eigenvalue weighted by atomic mass is 10.1. The summed E-state index contributed by atoms with van der Waals surface area (Å²) in [6.07, 6.45) is 0. The molecule has 0 bridgehead atoms. The Morgan fingerprint density at radius 3 is 2.29 bits per heavy atom. The molecule has 1 aromatic carbocycles. The fraction of sp³-hybridized carbons (Fsp3) is 0.600. The molecule has 2 rings (SSSR count). The normalized spacial score (nSPS) is 16.5. The molecule has 0 radical (unpaired) electrons. The van der Waals surface area contributed by atoms with Gasteiger partial charge in [0.2, 0.25) is 0 Å². The van der Waals surface area contributed by atoms with Crippen LogP contribution in [0.5, 0.6) is 0 Å². The first kappa shape index (κ1) is 16.1. The molecule has 1 aromatic rings. The summed E-state index contributed by atoms with van der Waals surface area (Å²) in [6.45, 7) is 6.46. The second-order valence-corrected chi connectivity index (χ2v) is 5.24. The number of β-amino-alcohol motifs (C(OH)–C–C–N with tert-alkyl or cyclic N) is 1. The van der Waals surface area contributed by atoms with Crippen LogP contribution in [-0.2, 0) is 6.54 Å². The molecular weight excluding hydrogens is 276 g/mol. The highest BCUT2D eigenvalue weighted by Gasteiger charge is 2.22. The average molecular weight is 299 g/mol. The van der Waals surface area contributed by atoms with Crippen molar-refractivity contribution in [2.24, 2.45) is 0 Å². The van der Waals surface area contributed by atoms with Crippen molar-refractivity contribution in [1.82, 2.24) is 10.2 Å². The average Bonchev–Trinajstić information content (AvgIpc) is 2.46. The summed E-state index contributed by atoms with van der Waals surface area (Å²) in [5.74, 6) is -1.00. The Balaban J connectivity index is 2.06. The number of nitrogens with one attached hydrogen (secondary N) is 1. The molecule has 1 aliphatic rings. The fourth-order valence-electron chi connectivity index (χ4n) is 2.63. The quantitative estimate of drug-likeness (QED) is 0.828. The topological polar surface area (TPSA) is 38.7 Å². The van der Waals surface area contributed by atoms with Gasteiger partial charge in [0.15, 0.2) is 0 Å². The van der Waals surface area contributed by atoms with Gasteiger partial charge in [-0.2, -0.15) is 0 Å². The van der Waals surface area contributed by atoms with Crippen LogP contribution in [0.25, 0.3) is 0 Å². The second kappa shape index (κ2) is 7.68. The van der Waals surface area contributed by atoms with Gasteiger partial charge in [-0.25, -0.2) is 8.78 Å². The van der Waals surface area contributed by atoms with E-state index >= 15 is 0 Å². The summed E-state index contributed by atoms with van der Waals surface area (Å²) in [5.41, 5.74) is 0.688. The Hall–Kier alpha value is -1.24. The molecule has 6 heteroatoms. The van der Waals surface area contributed by atoms with Crippen molar-refractivity contribution in [3.8, 4) is 0 Å². The third-order valence-electron chi connectivity index (χ3n) is 3.76. The summed E-state index contributed by atoms with van der Waals surface area (Å²) in [7, 11) is 0. The van der Waals surface area contributed by atoms with E-state index in [0.717, 1.165) is 6.54 Å². The molecule has 0 atom stereocenters. The number of rotatable bonds is 6. The van der Waals surface area contributed by atoms with Crippen molar-refractivity contribution >= 4 is 5.69 Å². The minimum absolute atomic E-state index is 0.0684. The van der Waals surface area contributed by atoms with Crippen molar-refractivity contribution in [3.63, 3.8) is 0 Å². The zero-order valence-electron chi connectivity index (χ0n) is 12.4. The molecule has 0 aromatic heterocycles. The Kier molecular flexibility index (Phi) is 5.90.